The Balaban J connectivity index is 3.93. The Morgan fingerprint density at radius 3 is 0.690 bits per heavy atom. The van der Waals surface area contributed by atoms with Crippen molar-refractivity contribution in [3.05, 3.63) is 0 Å². The summed E-state index contributed by atoms with van der Waals surface area (Å²) in [6.07, 6.45) is 51.5. The summed E-state index contributed by atoms with van der Waals surface area (Å²) in [5.41, 5.74) is 0. The molecule has 58 heavy (non-hydrogen) atoms. The average Bonchev–Trinajstić information content (AvgIpc) is 3.22. The van der Waals surface area contributed by atoms with Gasteiger partial charge in [0.2, 0.25) is 0 Å². The molecule has 0 spiro atoms. The molecule has 6 nitrogen and oxygen atoms in total. The first-order chi connectivity index (χ1) is 28.5. The number of esters is 3. The third-order valence-corrected chi connectivity index (χ3v) is 11.9. The van der Waals surface area contributed by atoms with Gasteiger partial charge in [-0.2, -0.15) is 0 Å². The van der Waals surface area contributed by atoms with Crippen LogP contribution in [0.3, 0.4) is 0 Å². The van der Waals surface area contributed by atoms with Crippen molar-refractivity contribution in [2.24, 2.45) is 0 Å². The normalized spacial score (nSPS) is 11.8. The zero-order chi connectivity index (χ0) is 42.3. The molecule has 0 aromatic carbocycles. The smallest absolute Gasteiger partial charge is 0.306 e. The molecule has 344 valence electrons. The molecule has 0 aromatic heterocycles. The zero-order valence-electron chi connectivity index (χ0n) is 39.3. The molecule has 0 aliphatic carbocycles. The van der Waals surface area contributed by atoms with E-state index >= 15 is 0 Å². The minimum atomic E-state index is -0.757. The SMILES string of the molecule is CCCCCCCCCCCCCCCCCCCCCCCCCCCC(=O)OCC(COC(=O)CCCCCCC)OC(=O)CCCCCCCCCCCC. The van der Waals surface area contributed by atoms with Gasteiger partial charge in [-0.1, -0.05) is 258 Å². The van der Waals surface area contributed by atoms with Crippen LogP contribution in [-0.4, -0.2) is 37.2 Å². The molecule has 0 heterocycles. The Labute approximate surface area is 361 Å². The molecule has 0 amide bonds. The lowest BCUT2D eigenvalue weighted by atomic mass is 10.0. The lowest BCUT2D eigenvalue weighted by Gasteiger charge is -2.18. The van der Waals surface area contributed by atoms with Crippen molar-refractivity contribution in [1.29, 1.82) is 0 Å². The van der Waals surface area contributed by atoms with Gasteiger partial charge in [0.05, 0.1) is 0 Å². The van der Waals surface area contributed by atoms with Crippen molar-refractivity contribution in [3.63, 3.8) is 0 Å². The van der Waals surface area contributed by atoms with Crippen LogP contribution in [-0.2, 0) is 28.6 Å². The van der Waals surface area contributed by atoms with E-state index in [-0.39, 0.29) is 31.1 Å². The van der Waals surface area contributed by atoms with E-state index in [1.165, 1.54) is 193 Å². The molecule has 0 rings (SSSR count). The summed E-state index contributed by atoms with van der Waals surface area (Å²) >= 11 is 0. The van der Waals surface area contributed by atoms with Crippen LogP contribution in [0, 0.1) is 0 Å². The van der Waals surface area contributed by atoms with Crippen LogP contribution in [0.1, 0.15) is 297 Å². The van der Waals surface area contributed by atoms with E-state index in [0.717, 1.165) is 64.2 Å². The van der Waals surface area contributed by atoms with Crippen molar-refractivity contribution in [3.8, 4) is 0 Å². The highest BCUT2D eigenvalue weighted by atomic mass is 16.6. The number of hydrogen-bond donors (Lipinski definition) is 0. The highest BCUT2D eigenvalue weighted by Gasteiger charge is 2.19. The first-order valence-electron chi connectivity index (χ1n) is 26.0. The van der Waals surface area contributed by atoms with Crippen LogP contribution in [0.5, 0.6) is 0 Å². The van der Waals surface area contributed by atoms with Crippen LogP contribution in [0.4, 0.5) is 0 Å². The predicted octanol–water partition coefficient (Wildman–Crippen LogP) is 16.8. The molecule has 0 radical (unpaired) electrons. The average molecular weight is 821 g/mol. The first-order valence-corrected chi connectivity index (χ1v) is 26.0. The summed E-state index contributed by atoms with van der Waals surface area (Å²) in [7, 11) is 0. The van der Waals surface area contributed by atoms with Crippen LogP contribution in [0.25, 0.3) is 0 Å². The summed E-state index contributed by atoms with van der Waals surface area (Å²) in [4.78, 5) is 37.5. The monoisotopic (exact) mass is 821 g/mol. The molecule has 0 aromatic rings. The second-order valence-electron chi connectivity index (χ2n) is 17.8. The van der Waals surface area contributed by atoms with Crippen molar-refractivity contribution in [2.75, 3.05) is 13.2 Å². The van der Waals surface area contributed by atoms with Crippen molar-refractivity contribution in [2.45, 2.75) is 303 Å². The number of unbranched alkanes of at least 4 members (excludes halogenated alkanes) is 37. The largest absolute Gasteiger partial charge is 0.462 e. The topological polar surface area (TPSA) is 78.9 Å². The van der Waals surface area contributed by atoms with Gasteiger partial charge in [-0.25, -0.2) is 0 Å². The molecule has 0 N–H and O–H groups in total. The number of ether oxygens (including phenoxy) is 3. The zero-order valence-corrected chi connectivity index (χ0v) is 39.3. The van der Waals surface area contributed by atoms with E-state index in [1.807, 2.05) is 0 Å². The highest BCUT2D eigenvalue weighted by Crippen LogP contribution is 2.17. The molecule has 1 unspecified atom stereocenters. The fourth-order valence-corrected chi connectivity index (χ4v) is 7.92. The molecule has 6 heteroatoms. The standard InChI is InChI=1S/C52H100O6/c1-4-7-10-13-15-17-19-20-21-22-23-24-25-26-27-28-29-30-31-32-33-35-36-39-42-45-51(54)57-48-49(47-56-50(53)44-41-38-12-9-6-3)58-52(55)46-43-40-37-34-18-16-14-11-8-5-2/h49H,4-48H2,1-3H3. The van der Waals surface area contributed by atoms with Crippen molar-refractivity contribution >= 4 is 17.9 Å². The van der Waals surface area contributed by atoms with Crippen LogP contribution >= 0.6 is 0 Å². The highest BCUT2D eigenvalue weighted by molar-refractivity contribution is 5.71. The van der Waals surface area contributed by atoms with E-state index < -0.39 is 6.10 Å². The van der Waals surface area contributed by atoms with E-state index in [1.54, 1.807) is 0 Å². The molecule has 0 saturated heterocycles. The third kappa shape index (κ3) is 45.5. The summed E-state index contributed by atoms with van der Waals surface area (Å²) in [6, 6.07) is 0. The second-order valence-corrected chi connectivity index (χ2v) is 17.8. The van der Waals surface area contributed by atoms with Gasteiger partial charge in [-0.3, -0.25) is 14.4 Å². The molecular formula is C52H100O6. The first kappa shape index (κ1) is 56.4. The maximum absolute atomic E-state index is 12.6. The fraction of sp³-hybridized carbons (Fsp3) is 0.942. The number of carbonyl (C=O) groups is 3. The molecule has 0 bridgehead atoms. The Bertz CT molecular complexity index is 859. The Morgan fingerprint density at radius 1 is 0.276 bits per heavy atom. The molecule has 1 atom stereocenters. The molecule has 0 aliphatic rings. The predicted molar refractivity (Wildman–Crippen MR) is 247 cm³/mol. The van der Waals surface area contributed by atoms with Crippen LogP contribution < -0.4 is 0 Å². The van der Waals surface area contributed by atoms with Crippen LogP contribution in [0.15, 0.2) is 0 Å². The Morgan fingerprint density at radius 2 is 0.466 bits per heavy atom. The number of carbonyl (C=O) groups excluding carboxylic acids is 3. The summed E-state index contributed by atoms with van der Waals surface area (Å²) < 4.78 is 16.6. The summed E-state index contributed by atoms with van der Waals surface area (Å²) in [5, 5.41) is 0. The van der Waals surface area contributed by atoms with Gasteiger partial charge in [0.1, 0.15) is 13.2 Å². The summed E-state index contributed by atoms with van der Waals surface area (Å²) in [6.45, 7) is 6.58. The van der Waals surface area contributed by atoms with E-state index in [2.05, 4.69) is 20.8 Å². The van der Waals surface area contributed by atoms with E-state index in [9.17, 15) is 14.4 Å². The number of rotatable bonds is 48. The van der Waals surface area contributed by atoms with Crippen LogP contribution in [0.2, 0.25) is 0 Å². The van der Waals surface area contributed by atoms with E-state index in [0.29, 0.717) is 19.3 Å². The fourth-order valence-electron chi connectivity index (χ4n) is 7.92. The van der Waals surface area contributed by atoms with Gasteiger partial charge in [-0.05, 0) is 19.3 Å². The maximum atomic E-state index is 12.6. The quantitative estimate of drug-likeness (QED) is 0.0346. The van der Waals surface area contributed by atoms with Crippen molar-refractivity contribution in [1.82, 2.24) is 0 Å². The maximum Gasteiger partial charge on any atom is 0.306 e. The molecular weight excluding hydrogens is 721 g/mol. The molecule has 0 fully saturated rings. The van der Waals surface area contributed by atoms with Gasteiger partial charge >= 0.3 is 17.9 Å². The lowest BCUT2D eigenvalue weighted by Crippen LogP contribution is -2.30. The van der Waals surface area contributed by atoms with Crippen molar-refractivity contribution < 1.29 is 28.6 Å². The van der Waals surface area contributed by atoms with Gasteiger partial charge in [0.25, 0.3) is 0 Å². The lowest BCUT2D eigenvalue weighted by molar-refractivity contribution is -0.167. The molecule has 0 aliphatic heterocycles. The van der Waals surface area contributed by atoms with E-state index in [4.69, 9.17) is 14.2 Å². The summed E-state index contributed by atoms with van der Waals surface area (Å²) in [5.74, 6) is -0.863. The minimum Gasteiger partial charge on any atom is -0.462 e. The van der Waals surface area contributed by atoms with Gasteiger partial charge in [0.15, 0.2) is 6.10 Å². The third-order valence-electron chi connectivity index (χ3n) is 11.9. The Kier molecular flexibility index (Phi) is 46.8. The second kappa shape index (κ2) is 48.1. The van der Waals surface area contributed by atoms with Gasteiger partial charge < -0.3 is 14.2 Å². The Hall–Kier alpha value is -1.59. The number of hydrogen-bond acceptors (Lipinski definition) is 6. The minimum absolute atomic E-state index is 0.0637. The van der Waals surface area contributed by atoms with Gasteiger partial charge in [0, 0.05) is 19.3 Å². The molecule has 0 saturated carbocycles. The van der Waals surface area contributed by atoms with Gasteiger partial charge in [-0.15, -0.1) is 0 Å².